The summed E-state index contributed by atoms with van der Waals surface area (Å²) >= 11 is 0.918. The minimum atomic E-state index is -3.11. The number of rotatable bonds is 5. The first-order valence-electron chi connectivity index (χ1n) is 5.34. The Hall–Kier alpha value is -0.720. The third-order valence-corrected chi connectivity index (χ3v) is 4.84. The summed E-state index contributed by atoms with van der Waals surface area (Å²) in [4.78, 5) is 0. The van der Waals surface area contributed by atoms with Gasteiger partial charge in [-0.2, -0.15) is 0 Å². The van der Waals surface area contributed by atoms with Crippen LogP contribution in [0.4, 0.5) is 0 Å². The summed E-state index contributed by atoms with van der Waals surface area (Å²) in [7, 11) is 0. The highest BCUT2D eigenvalue weighted by molar-refractivity contribution is 8.57. The van der Waals surface area contributed by atoms with Crippen LogP contribution in [0.25, 0.3) is 0 Å². The lowest BCUT2D eigenvalue weighted by molar-refractivity contribution is 0.237. The molecule has 1 aromatic carbocycles. The van der Waals surface area contributed by atoms with E-state index in [-0.39, 0.29) is 0 Å². The van der Waals surface area contributed by atoms with Gasteiger partial charge in [0.15, 0.2) is 0 Å². The molecular formula is C12H15O3PS. The van der Waals surface area contributed by atoms with E-state index in [1.165, 1.54) is 0 Å². The van der Waals surface area contributed by atoms with Crippen molar-refractivity contribution in [2.75, 3.05) is 13.2 Å². The molecule has 5 heteroatoms. The van der Waals surface area contributed by atoms with Crippen LogP contribution < -0.4 is 0 Å². The summed E-state index contributed by atoms with van der Waals surface area (Å²) < 4.78 is 22.2. The van der Waals surface area contributed by atoms with Gasteiger partial charge in [-0.3, -0.25) is 0 Å². The number of benzene rings is 1. The molecule has 0 saturated carbocycles. The third kappa shape index (κ3) is 5.43. The van der Waals surface area contributed by atoms with E-state index in [1.54, 1.807) is 13.8 Å². The van der Waals surface area contributed by atoms with Gasteiger partial charge in [-0.1, -0.05) is 24.1 Å². The second-order valence-electron chi connectivity index (χ2n) is 2.97. The molecule has 0 aliphatic rings. The van der Waals surface area contributed by atoms with E-state index >= 15 is 0 Å². The van der Waals surface area contributed by atoms with Crippen molar-refractivity contribution >= 4 is 18.2 Å². The van der Waals surface area contributed by atoms with Crippen LogP contribution in [0.2, 0.25) is 0 Å². The van der Waals surface area contributed by atoms with Gasteiger partial charge >= 0.3 is 6.80 Å². The molecule has 0 amide bonds. The molecule has 0 saturated heterocycles. The third-order valence-electron chi connectivity index (χ3n) is 1.70. The highest BCUT2D eigenvalue weighted by atomic mass is 32.7. The van der Waals surface area contributed by atoms with Gasteiger partial charge in [-0.25, -0.2) is 4.57 Å². The molecule has 92 valence electrons. The molecule has 0 bridgehead atoms. The maximum Gasteiger partial charge on any atom is 0.401 e. The quantitative estimate of drug-likeness (QED) is 0.600. The summed E-state index contributed by atoms with van der Waals surface area (Å²) in [6.45, 7) is 1.13. The predicted octanol–water partition coefficient (Wildman–Crippen LogP) is 3.91. The Bertz CT molecular complexity index is 426. The van der Waals surface area contributed by atoms with Crippen molar-refractivity contribution < 1.29 is 13.6 Å². The van der Waals surface area contributed by atoms with Crippen molar-refractivity contribution in [1.82, 2.24) is 0 Å². The highest BCUT2D eigenvalue weighted by Gasteiger charge is 2.23. The minimum absolute atomic E-state index is 0.345. The first-order valence-corrected chi connectivity index (χ1v) is 8.30. The average molecular weight is 270 g/mol. The zero-order valence-electron chi connectivity index (χ0n) is 9.88. The molecule has 17 heavy (non-hydrogen) atoms. The lowest BCUT2D eigenvalue weighted by atomic mass is 10.2. The van der Waals surface area contributed by atoms with Crippen LogP contribution in [-0.2, 0) is 13.6 Å². The van der Waals surface area contributed by atoms with Crippen LogP contribution in [0.15, 0.2) is 30.3 Å². The van der Waals surface area contributed by atoms with Gasteiger partial charge in [0.1, 0.15) is 0 Å². The highest BCUT2D eigenvalue weighted by Crippen LogP contribution is 2.60. The van der Waals surface area contributed by atoms with Crippen molar-refractivity contribution in [3.8, 4) is 11.2 Å². The summed E-state index contributed by atoms with van der Waals surface area (Å²) in [5, 5.41) is 2.77. The second-order valence-corrected chi connectivity index (χ2v) is 6.65. The molecule has 0 aliphatic heterocycles. The minimum Gasteiger partial charge on any atom is -0.300 e. The first-order chi connectivity index (χ1) is 8.20. The molecule has 0 spiro atoms. The summed E-state index contributed by atoms with van der Waals surface area (Å²) in [6.07, 6.45) is 0. The molecule has 1 aromatic rings. The van der Waals surface area contributed by atoms with Gasteiger partial charge < -0.3 is 9.05 Å². The molecule has 0 N–H and O–H groups in total. The topological polar surface area (TPSA) is 35.5 Å². The van der Waals surface area contributed by atoms with E-state index in [0.29, 0.717) is 13.2 Å². The largest absolute Gasteiger partial charge is 0.401 e. The van der Waals surface area contributed by atoms with E-state index < -0.39 is 6.80 Å². The Labute approximate surface area is 106 Å². The van der Waals surface area contributed by atoms with Crippen LogP contribution in [-0.4, -0.2) is 13.2 Å². The summed E-state index contributed by atoms with van der Waals surface area (Å²) in [5.74, 6) is 2.90. The standard InChI is InChI=1S/C12H15O3PS/c1-3-14-16(13,15-4-2)17-11-10-12-8-6-5-7-9-12/h5-9H,3-4H2,1-2H3. The Morgan fingerprint density at radius 1 is 1.18 bits per heavy atom. The van der Waals surface area contributed by atoms with E-state index in [4.69, 9.17) is 9.05 Å². The van der Waals surface area contributed by atoms with E-state index in [9.17, 15) is 4.57 Å². The van der Waals surface area contributed by atoms with Crippen LogP contribution >= 0.6 is 18.2 Å². The lowest BCUT2D eigenvalue weighted by Crippen LogP contribution is -1.91. The van der Waals surface area contributed by atoms with Crippen molar-refractivity contribution in [1.29, 1.82) is 0 Å². The molecule has 0 unspecified atom stereocenters. The summed E-state index contributed by atoms with van der Waals surface area (Å²) in [6, 6.07) is 9.50. The number of hydrogen-bond donors (Lipinski definition) is 0. The van der Waals surface area contributed by atoms with Gasteiger partial charge in [0, 0.05) is 16.9 Å². The normalized spacial score (nSPS) is 10.7. The Morgan fingerprint density at radius 3 is 2.29 bits per heavy atom. The van der Waals surface area contributed by atoms with Gasteiger partial charge in [0.05, 0.1) is 13.2 Å². The van der Waals surface area contributed by atoms with Gasteiger partial charge in [-0.15, -0.1) is 0 Å². The fraction of sp³-hybridized carbons (Fsp3) is 0.333. The van der Waals surface area contributed by atoms with E-state index in [2.05, 4.69) is 11.2 Å². The Balaban J connectivity index is 2.64. The fourth-order valence-corrected chi connectivity index (χ4v) is 3.57. The van der Waals surface area contributed by atoms with Crippen LogP contribution in [0.3, 0.4) is 0 Å². The molecular weight excluding hydrogens is 255 g/mol. The van der Waals surface area contributed by atoms with Crippen LogP contribution in [0, 0.1) is 11.2 Å². The van der Waals surface area contributed by atoms with Gasteiger partial charge in [0.2, 0.25) is 0 Å². The van der Waals surface area contributed by atoms with Crippen molar-refractivity contribution in [3.63, 3.8) is 0 Å². The predicted molar refractivity (Wildman–Crippen MR) is 71.8 cm³/mol. The summed E-state index contributed by atoms with van der Waals surface area (Å²) in [5.41, 5.74) is 0.875. The van der Waals surface area contributed by atoms with Crippen molar-refractivity contribution in [2.45, 2.75) is 13.8 Å². The maximum atomic E-state index is 12.0. The average Bonchev–Trinajstić information content (AvgIpc) is 2.31. The maximum absolute atomic E-state index is 12.0. The number of hydrogen-bond acceptors (Lipinski definition) is 4. The van der Waals surface area contributed by atoms with Gasteiger partial charge in [0.25, 0.3) is 0 Å². The first kappa shape index (κ1) is 14.3. The molecule has 0 aromatic heterocycles. The van der Waals surface area contributed by atoms with Crippen LogP contribution in [0.1, 0.15) is 19.4 Å². The van der Waals surface area contributed by atoms with Crippen molar-refractivity contribution in [2.24, 2.45) is 0 Å². The zero-order chi connectivity index (χ0) is 12.6. The molecule has 0 fully saturated rings. The molecule has 0 radical (unpaired) electrons. The van der Waals surface area contributed by atoms with E-state index in [0.717, 1.165) is 16.9 Å². The molecule has 3 nitrogen and oxygen atoms in total. The monoisotopic (exact) mass is 270 g/mol. The van der Waals surface area contributed by atoms with E-state index in [1.807, 2.05) is 30.3 Å². The molecule has 0 heterocycles. The fourth-order valence-electron chi connectivity index (χ4n) is 1.07. The van der Waals surface area contributed by atoms with Gasteiger partial charge in [-0.05, 0) is 31.2 Å². The Kier molecular flexibility index (Phi) is 6.39. The van der Waals surface area contributed by atoms with Crippen LogP contribution in [0.5, 0.6) is 0 Å². The second kappa shape index (κ2) is 7.58. The molecule has 0 atom stereocenters. The smallest absolute Gasteiger partial charge is 0.300 e. The SMILES string of the molecule is CCOP(=O)(OCC)SC#Cc1ccccc1. The molecule has 1 rings (SSSR count). The molecule has 0 aliphatic carbocycles. The lowest BCUT2D eigenvalue weighted by Gasteiger charge is -2.12. The van der Waals surface area contributed by atoms with Crippen molar-refractivity contribution in [3.05, 3.63) is 35.9 Å². The Morgan fingerprint density at radius 2 is 1.76 bits per heavy atom. The zero-order valence-corrected chi connectivity index (χ0v) is 11.6.